The highest BCUT2D eigenvalue weighted by atomic mass is 32.2. The maximum absolute atomic E-state index is 12.1. The SMILES string of the molecule is COc1cccc(CCc2ccccc2OCC(CN2CNSC2)OC(=O)CCC(=O)O)c1. The van der Waals surface area contributed by atoms with Crippen LogP contribution in [0.25, 0.3) is 0 Å². The first-order chi connectivity index (χ1) is 16.0. The van der Waals surface area contributed by atoms with Gasteiger partial charge in [-0.15, -0.1) is 0 Å². The van der Waals surface area contributed by atoms with Crippen LogP contribution in [0.3, 0.4) is 0 Å². The van der Waals surface area contributed by atoms with E-state index < -0.39 is 18.0 Å². The molecule has 1 atom stereocenters. The summed E-state index contributed by atoms with van der Waals surface area (Å²) in [6, 6.07) is 15.8. The topological polar surface area (TPSA) is 97.3 Å². The molecule has 2 aromatic carbocycles. The van der Waals surface area contributed by atoms with Crippen molar-refractivity contribution in [3.63, 3.8) is 0 Å². The molecule has 0 spiro atoms. The highest BCUT2D eigenvalue weighted by Crippen LogP contribution is 2.22. The van der Waals surface area contributed by atoms with Gasteiger partial charge >= 0.3 is 11.9 Å². The largest absolute Gasteiger partial charge is 0.497 e. The van der Waals surface area contributed by atoms with Crippen molar-refractivity contribution in [3.05, 3.63) is 59.7 Å². The Bertz CT molecular complexity index is 919. The van der Waals surface area contributed by atoms with Gasteiger partial charge in [0.25, 0.3) is 0 Å². The van der Waals surface area contributed by atoms with Crippen LogP contribution in [0.2, 0.25) is 0 Å². The summed E-state index contributed by atoms with van der Waals surface area (Å²) in [5.74, 6) is 0.808. The van der Waals surface area contributed by atoms with Gasteiger partial charge in [-0.05, 0) is 42.2 Å². The number of hydrogen-bond acceptors (Lipinski definition) is 8. The molecule has 0 aliphatic carbocycles. The van der Waals surface area contributed by atoms with E-state index in [0.29, 0.717) is 13.2 Å². The Kier molecular flexibility index (Phi) is 9.86. The number of carbonyl (C=O) groups excluding carboxylic acids is 1. The van der Waals surface area contributed by atoms with E-state index in [2.05, 4.69) is 15.7 Å². The summed E-state index contributed by atoms with van der Waals surface area (Å²) in [5, 5.41) is 8.81. The van der Waals surface area contributed by atoms with Crippen molar-refractivity contribution in [3.8, 4) is 11.5 Å². The van der Waals surface area contributed by atoms with Gasteiger partial charge in [0.15, 0.2) is 0 Å². The first kappa shape index (κ1) is 24.9. The van der Waals surface area contributed by atoms with E-state index >= 15 is 0 Å². The number of rotatable bonds is 13. The number of nitrogens with one attached hydrogen (secondary N) is 1. The normalized spacial score (nSPS) is 14.6. The van der Waals surface area contributed by atoms with Crippen molar-refractivity contribution in [2.24, 2.45) is 0 Å². The molecule has 9 heteroatoms. The average molecular weight is 475 g/mol. The van der Waals surface area contributed by atoms with E-state index in [0.717, 1.165) is 35.8 Å². The van der Waals surface area contributed by atoms with Crippen LogP contribution in [0.15, 0.2) is 48.5 Å². The zero-order chi connectivity index (χ0) is 23.5. The minimum atomic E-state index is -1.02. The Hall–Kier alpha value is -2.75. The minimum absolute atomic E-state index is 0.157. The van der Waals surface area contributed by atoms with Gasteiger partial charge in [0.05, 0.1) is 32.5 Å². The number of hydrogen-bond donors (Lipinski definition) is 2. The molecule has 33 heavy (non-hydrogen) atoms. The molecule has 178 valence electrons. The van der Waals surface area contributed by atoms with Gasteiger partial charge in [-0.1, -0.05) is 42.3 Å². The Morgan fingerprint density at radius 3 is 2.76 bits per heavy atom. The lowest BCUT2D eigenvalue weighted by Gasteiger charge is -2.23. The van der Waals surface area contributed by atoms with E-state index in [-0.39, 0.29) is 19.4 Å². The lowest BCUT2D eigenvalue weighted by Crippen LogP contribution is -2.38. The summed E-state index contributed by atoms with van der Waals surface area (Å²) < 4.78 is 20.1. The summed E-state index contributed by atoms with van der Waals surface area (Å²) in [4.78, 5) is 25.0. The molecule has 0 aromatic heterocycles. The molecule has 1 aliphatic rings. The van der Waals surface area contributed by atoms with Crippen LogP contribution in [0.5, 0.6) is 11.5 Å². The fourth-order valence-corrected chi connectivity index (χ4v) is 4.19. The van der Waals surface area contributed by atoms with Gasteiger partial charge < -0.3 is 19.3 Å². The van der Waals surface area contributed by atoms with Crippen molar-refractivity contribution >= 4 is 23.9 Å². The molecular weight excluding hydrogens is 444 g/mol. The quantitative estimate of drug-likeness (QED) is 0.335. The predicted molar refractivity (Wildman–Crippen MR) is 126 cm³/mol. The smallest absolute Gasteiger partial charge is 0.306 e. The standard InChI is InChI=1S/C24H30N2O6S/c1-30-20-7-4-5-18(13-20)9-10-19-6-2-3-8-22(19)31-15-21(14-26-16-25-33-17-26)32-24(29)12-11-23(27)28/h2-8,13,21,25H,9-12,14-17H2,1H3,(H,27,28). The van der Waals surface area contributed by atoms with Crippen molar-refractivity contribution in [1.29, 1.82) is 0 Å². The molecule has 2 aromatic rings. The number of nitrogens with zero attached hydrogens (tertiary/aromatic N) is 1. The number of esters is 1. The number of carboxylic acid groups (broad SMARTS) is 1. The molecule has 1 heterocycles. The Labute approximate surface area is 198 Å². The van der Waals surface area contributed by atoms with Crippen molar-refractivity contribution in [1.82, 2.24) is 9.62 Å². The maximum Gasteiger partial charge on any atom is 0.306 e. The number of para-hydroxylation sites is 1. The van der Waals surface area contributed by atoms with Crippen LogP contribution in [-0.2, 0) is 27.2 Å². The average Bonchev–Trinajstić information content (AvgIpc) is 3.33. The monoisotopic (exact) mass is 474 g/mol. The third kappa shape index (κ3) is 8.60. The van der Waals surface area contributed by atoms with E-state index in [1.165, 1.54) is 5.56 Å². The molecule has 1 saturated heterocycles. The van der Waals surface area contributed by atoms with Crippen LogP contribution in [0.4, 0.5) is 0 Å². The van der Waals surface area contributed by atoms with Crippen LogP contribution in [-0.4, -0.2) is 60.9 Å². The molecule has 8 nitrogen and oxygen atoms in total. The number of aryl methyl sites for hydroxylation is 2. The number of ether oxygens (including phenoxy) is 3. The van der Waals surface area contributed by atoms with E-state index in [4.69, 9.17) is 19.3 Å². The fraction of sp³-hybridized carbons (Fsp3) is 0.417. The summed E-state index contributed by atoms with van der Waals surface area (Å²) in [7, 11) is 1.66. The third-order valence-corrected chi connectivity index (χ3v) is 5.98. The maximum atomic E-state index is 12.1. The minimum Gasteiger partial charge on any atom is -0.497 e. The van der Waals surface area contributed by atoms with Gasteiger partial charge in [-0.3, -0.25) is 14.5 Å². The summed E-state index contributed by atoms with van der Waals surface area (Å²) in [6.45, 7) is 1.38. The van der Waals surface area contributed by atoms with Crippen LogP contribution in [0, 0.1) is 0 Å². The molecule has 0 amide bonds. The number of carboxylic acids is 1. The molecule has 1 aliphatic heterocycles. The summed E-state index contributed by atoms with van der Waals surface area (Å²) in [5.41, 5.74) is 2.24. The van der Waals surface area contributed by atoms with Gasteiger partial charge in [0.1, 0.15) is 24.2 Å². The van der Waals surface area contributed by atoms with Crippen LogP contribution >= 0.6 is 11.9 Å². The Morgan fingerprint density at radius 2 is 2.00 bits per heavy atom. The molecule has 0 radical (unpaired) electrons. The first-order valence-electron chi connectivity index (χ1n) is 10.9. The zero-order valence-corrected chi connectivity index (χ0v) is 19.5. The molecule has 0 bridgehead atoms. The van der Waals surface area contributed by atoms with Gasteiger partial charge in [0, 0.05) is 6.54 Å². The molecule has 0 saturated carbocycles. The first-order valence-corrected chi connectivity index (χ1v) is 11.8. The van der Waals surface area contributed by atoms with E-state index in [1.807, 2.05) is 42.5 Å². The number of benzene rings is 2. The van der Waals surface area contributed by atoms with Crippen molar-refractivity contribution in [2.45, 2.75) is 31.8 Å². The number of aliphatic carboxylic acids is 1. The summed E-state index contributed by atoms with van der Waals surface area (Å²) >= 11 is 1.59. The second-order valence-electron chi connectivity index (χ2n) is 7.71. The Morgan fingerprint density at radius 1 is 1.15 bits per heavy atom. The van der Waals surface area contributed by atoms with Crippen LogP contribution < -0.4 is 14.2 Å². The predicted octanol–water partition coefficient (Wildman–Crippen LogP) is 3.10. The van der Waals surface area contributed by atoms with E-state index in [9.17, 15) is 9.59 Å². The molecule has 1 unspecified atom stereocenters. The van der Waals surface area contributed by atoms with E-state index in [1.54, 1.807) is 19.1 Å². The number of methoxy groups -OCH3 is 1. The molecule has 2 N–H and O–H groups in total. The highest BCUT2D eigenvalue weighted by Gasteiger charge is 2.22. The van der Waals surface area contributed by atoms with Crippen molar-refractivity contribution < 1.29 is 28.9 Å². The number of carbonyl (C=O) groups is 2. The fourth-order valence-electron chi connectivity index (χ4n) is 3.44. The second kappa shape index (κ2) is 13.1. The van der Waals surface area contributed by atoms with Crippen molar-refractivity contribution in [2.75, 3.05) is 32.8 Å². The van der Waals surface area contributed by atoms with Gasteiger partial charge in [0.2, 0.25) is 0 Å². The molecular formula is C24H30N2O6S. The lowest BCUT2D eigenvalue weighted by molar-refractivity contribution is -0.154. The third-order valence-electron chi connectivity index (χ3n) is 5.15. The highest BCUT2D eigenvalue weighted by molar-refractivity contribution is 7.97. The summed E-state index contributed by atoms with van der Waals surface area (Å²) in [6.07, 6.45) is 0.718. The second-order valence-corrected chi connectivity index (χ2v) is 8.54. The zero-order valence-electron chi connectivity index (χ0n) is 18.7. The Balaban J connectivity index is 1.60. The van der Waals surface area contributed by atoms with Gasteiger partial charge in [-0.25, -0.2) is 4.72 Å². The van der Waals surface area contributed by atoms with Crippen LogP contribution in [0.1, 0.15) is 24.0 Å². The molecule has 1 fully saturated rings. The molecule has 3 rings (SSSR count). The lowest BCUT2D eigenvalue weighted by atomic mass is 10.0. The van der Waals surface area contributed by atoms with Gasteiger partial charge in [-0.2, -0.15) is 0 Å².